The number of aromatic nitrogens is 2. The lowest BCUT2D eigenvalue weighted by molar-refractivity contribution is -0.135. The Morgan fingerprint density at radius 1 is 0.893 bits per heavy atom. The number of hydrogen-bond acceptors (Lipinski definition) is 4. The van der Waals surface area contributed by atoms with Gasteiger partial charge in [0.05, 0.1) is 17.2 Å². The minimum absolute atomic E-state index is 0.198. The summed E-state index contributed by atoms with van der Waals surface area (Å²) >= 11 is 0. The number of fused-ring (bicyclic) bond motifs is 1. The molecule has 0 aliphatic rings. The van der Waals surface area contributed by atoms with Gasteiger partial charge >= 0.3 is 5.97 Å². The molecule has 0 saturated carbocycles. The maximum Gasteiger partial charge on any atom is 0.331 e. The van der Waals surface area contributed by atoms with Crippen LogP contribution in [0.2, 0.25) is 0 Å². The van der Waals surface area contributed by atoms with Crippen LogP contribution in [0.15, 0.2) is 90.0 Å². The minimum Gasteiger partial charge on any atom is -0.425 e. The molecule has 5 heteroatoms. The highest BCUT2D eigenvalue weighted by atomic mass is 16.5. The molecule has 0 aliphatic heterocycles. The van der Waals surface area contributed by atoms with Gasteiger partial charge in [-0.25, -0.2) is 9.78 Å². The Morgan fingerprint density at radius 2 is 1.61 bits per heavy atom. The molecular formula is C23H18N2O3. The molecule has 0 N–H and O–H groups in total. The van der Waals surface area contributed by atoms with Crippen molar-refractivity contribution in [3.8, 4) is 5.75 Å². The third-order valence-corrected chi connectivity index (χ3v) is 4.46. The maximum absolute atomic E-state index is 12.5. The molecule has 0 bridgehead atoms. The van der Waals surface area contributed by atoms with Gasteiger partial charge < -0.3 is 4.74 Å². The molecular weight excluding hydrogens is 352 g/mol. The first kappa shape index (κ1) is 17.7. The highest BCUT2D eigenvalue weighted by Gasteiger charge is 2.12. The van der Waals surface area contributed by atoms with Gasteiger partial charge in [0.2, 0.25) is 0 Å². The summed E-state index contributed by atoms with van der Waals surface area (Å²) in [7, 11) is 0. The van der Waals surface area contributed by atoms with Crippen LogP contribution in [0.5, 0.6) is 5.75 Å². The van der Waals surface area contributed by atoms with Crippen LogP contribution in [-0.2, 0) is 17.8 Å². The summed E-state index contributed by atoms with van der Waals surface area (Å²) in [6.07, 6.45) is 2.03. The minimum atomic E-state index is -0.514. The van der Waals surface area contributed by atoms with E-state index in [1.54, 1.807) is 24.3 Å². The average molecular weight is 370 g/mol. The molecule has 0 spiro atoms. The Bertz CT molecular complexity index is 1180. The first-order valence-corrected chi connectivity index (χ1v) is 8.97. The van der Waals surface area contributed by atoms with Gasteiger partial charge in [-0.1, -0.05) is 60.7 Å². The number of carbonyl (C=O) groups excluding carboxylic acids is 1. The molecule has 3 aromatic carbocycles. The second kappa shape index (κ2) is 7.88. The van der Waals surface area contributed by atoms with Gasteiger partial charge in [0.15, 0.2) is 0 Å². The number of carbonyl (C=O) groups is 1. The average Bonchev–Trinajstić information content (AvgIpc) is 2.72. The number of esters is 1. The third kappa shape index (κ3) is 3.83. The van der Waals surface area contributed by atoms with Crippen molar-refractivity contribution in [1.29, 1.82) is 0 Å². The maximum atomic E-state index is 12.5. The van der Waals surface area contributed by atoms with Gasteiger partial charge in [-0.2, -0.15) is 0 Å². The van der Waals surface area contributed by atoms with E-state index in [-0.39, 0.29) is 12.1 Å². The van der Waals surface area contributed by atoms with E-state index in [0.29, 0.717) is 23.1 Å². The summed E-state index contributed by atoms with van der Waals surface area (Å²) in [5, 5.41) is 0.474. The SMILES string of the molecule is O=C(Cn1cnc2ccccc2c1=O)Oc1ccccc1Cc1ccccc1. The first-order chi connectivity index (χ1) is 13.7. The van der Waals surface area contributed by atoms with E-state index in [1.165, 1.54) is 10.9 Å². The molecule has 4 aromatic rings. The number of para-hydroxylation sites is 2. The normalized spacial score (nSPS) is 10.7. The van der Waals surface area contributed by atoms with E-state index in [1.807, 2.05) is 54.6 Å². The number of hydrogen-bond donors (Lipinski definition) is 0. The molecule has 4 rings (SSSR count). The van der Waals surface area contributed by atoms with Crippen LogP contribution in [0.3, 0.4) is 0 Å². The van der Waals surface area contributed by atoms with Gasteiger partial charge in [0, 0.05) is 6.42 Å². The van der Waals surface area contributed by atoms with E-state index in [9.17, 15) is 9.59 Å². The van der Waals surface area contributed by atoms with Crippen LogP contribution in [0, 0.1) is 0 Å². The van der Waals surface area contributed by atoms with Crippen molar-refractivity contribution in [2.24, 2.45) is 0 Å². The molecule has 0 fully saturated rings. The topological polar surface area (TPSA) is 61.2 Å². The zero-order valence-electron chi connectivity index (χ0n) is 15.1. The standard InChI is InChI=1S/C23H18N2O3/c26-22(15-25-16-24-20-12-6-5-11-19(20)23(25)27)28-21-13-7-4-10-18(21)14-17-8-2-1-3-9-17/h1-13,16H,14-15H2. The fraction of sp³-hybridized carbons (Fsp3) is 0.0870. The van der Waals surface area contributed by atoms with Crippen molar-refractivity contribution < 1.29 is 9.53 Å². The van der Waals surface area contributed by atoms with Gasteiger partial charge in [0.25, 0.3) is 5.56 Å². The van der Waals surface area contributed by atoms with Crippen LogP contribution >= 0.6 is 0 Å². The monoisotopic (exact) mass is 370 g/mol. The third-order valence-electron chi connectivity index (χ3n) is 4.46. The van der Waals surface area contributed by atoms with Crippen LogP contribution in [0.4, 0.5) is 0 Å². The largest absolute Gasteiger partial charge is 0.425 e. The van der Waals surface area contributed by atoms with Crippen molar-refractivity contribution in [2.75, 3.05) is 0 Å². The second-order valence-corrected chi connectivity index (χ2v) is 6.44. The molecule has 0 atom stereocenters. The lowest BCUT2D eigenvalue weighted by Crippen LogP contribution is -2.27. The highest BCUT2D eigenvalue weighted by molar-refractivity contribution is 5.78. The van der Waals surface area contributed by atoms with Crippen molar-refractivity contribution >= 4 is 16.9 Å². The zero-order valence-corrected chi connectivity index (χ0v) is 15.1. The molecule has 0 unspecified atom stereocenters. The Labute approximate surface area is 161 Å². The Kier molecular flexibility index (Phi) is 4.97. The van der Waals surface area contributed by atoms with Gasteiger partial charge in [-0.05, 0) is 29.3 Å². The van der Waals surface area contributed by atoms with Crippen molar-refractivity contribution in [2.45, 2.75) is 13.0 Å². The van der Waals surface area contributed by atoms with Crippen LogP contribution in [-0.4, -0.2) is 15.5 Å². The molecule has 1 heterocycles. The van der Waals surface area contributed by atoms with Gasteiger partial charge in [-0.15, -0.1) is 0 Å². The Balaban J connectivity index is 1.53. The molecule has 0 aliphatic carbocycles. The zero-order chi connectivity index (χ0) is 19.3. The summed E-state index contributed by atoms with van der Waals surface area (Å²) in [6, 6.07) is 24.4. The second-order valence-electron chi connectivity index (χ2n) is 6.44. The van der Waals surface area contributed by atoms with E-state index in [2.05, 4.69) is 4.98 Å². The van der Waals surface area contributed by atoms with Crippen LogP contribution in [0.25, 0.3) is 10.9 Å². The van der Waals surface area contributed by atoms with Crippen molar-refractivity contribution in [1.82, 2.24) is 9.55 Å². The van der Waals surface area contributed by atoms with E-state index in [0.717, 1.165) is 11.1 Å². The molecule has 5 nitrogen and oxygen atoms in total. The van der Waals surface area contributed by atoms with E-state index in [4.69, 9.17) is 4.74 Å². The Hall–Kier alpha value is -3.73. The predicted octanol–water partition coefficient (Wildman–Crippen LogP) is 3.59. The highest BCUT2D eigenvalue weighted by Crippen LogP contribution is 2.21. The quantitative estimate of drug-likeness (QED) is 0.398. The van der Waals surface area contributed by atoms with E-state index >= 15 is 0 Å². The lowest BCUT2D eigenvalue weighted by Gasteiger charge is -2.11. The first-order valence-electron chi connectivity index (χ1n) is 8.97. The van der Waals surface area contributed by atoms with Crippen LogP contribution < -0.4 is 10.3 Å². The predicted molar refractivity (Wildman–Crippen MR) is 107 cm³/mol. The van der Waals surface area contributed by atoms with Crippen molar-refractivity contribution in [3.63, 3.8) is 0 Å². The summed E-state index contributed by atoms with van der Waals surface area (Å²) < 4.78 is 6.83. The smallest absolute Gasteiger partial charge is 0.331 e. The fourth-order valence-electron chi connectivity index (χ4n) is 3.08. The van der Waals surface area contributed by atoms with E-state index < -0.39 is 5.97 Å². The Morgan fingerprint density at radius 3 is 2.46 bits per heavy atom. The molecule has 0 radical (unpaired) electrons. The molecule has 0 saturated heterocycles. The summed E-state index contributed by atoms with van der Waals surface area (Å²) in [5.74, 6) is -0.0159. The lowest BCUT2D eigenvalue weighted by atomic mass is 10.0. The summed E-state index contributed by atoms with van der Waals surface area (Å²) in [6.45, 7) is -0.198. The molecule has 0 amide bonds. The molecule has 28 heavy (non-hydrogen) atoms. The molecule has 1 aromatic heterocycles. The summed E-state index contributed by atoms with van der Waals surface area (Å²) in [4.78, 5) is 29.2. The number of ether oxygens (including phenoxy) is 1. The van der Waals surface area contributed by atoms with Crippen LogP contribution in [0.1, 0.15) is 11.1 Å². The van der Waals surface area contributed by atoms with Crippen molar-refractivity contribution in [3.05, 3.63) is 107 Å². The summed E-state index contributed by atoms with van der Waals surface area (Å²) in [5.41, 5.74) is 2.37. The van der Waals surface area contributed by atoms with Gasteiger partial charge in [0.1, 0.15) is 12.3 Å². The number of benzene rings is 3. The molecule has 138 valence electrons. The fourth-order valence-corrected chi connectivity index (χ4v) is 3.08. The van der Waals surface area contributed by atoms with Gasteiger partial charge in [-0.3, -0.25) is 9.36 Å². The number of rotatable bonds is 5. The number of nitrogens with zero attached hydrogens (tertiary/aromatic N) is 2.